The molecule has 32 heavy (non-hydrogen) atoms. The number of nitrogens with zero attached hydrogens (tertiary/aromatic N) is 1. The Labute approximate surface area is 185 Å². The number of aliphatic carboxylic acids is 1. The molecule has 0 radical (unpaired) electrons. The molecule has 0 saturated carbocycles. The minimum Gasteiger partial charge on any atom is -0.493 e. The maximum atomic E-state index is 13.4. The van der Waals surface area contributed by atoms with Gasteiger partial charge in [0.25, 0.3) is 0 Å². The van der Waals surface area contributed by atoms with Crippen LogP contribution in [0.15, 0.2) is 64.2 Å². The maximum Gasteiger partial charge on any atom is 0.333 e. The van der Waals surface area contributed by atoms with Crippen molar-refractivity contribution in [1.29, 1.82) is 0 Å². The summed E-state index contributed by atoms with van der Waals surface area (Å²) in [5, 5.41) is 9.41. The lowest BCUT2D eigenvalue weighted by molar-refractivity contribution is -0.132. The van der Waals surface area contributed by atoms with Gasteiger partial charge in [-0.3, -0.25) is 10.3 Å². The van der Waals surface area contributed by atoms with E-state index in [1.54, 1.807) is 31.2 Å². The van der Waals surface area contributed by atoms with Crippen molar-refractivity contribution in [2.24, 2.45) is 0 Å². The number of ether oxygens (including phenoxy) is 1. The number of halogens is 1. The molecule has 0 amide bonds. The van der Waals surface area contributed by atoms with Crippen molar-refractivity contribution in [3.8, 4) is 17.2 Å². The van der Waals surface area contributed by atoms with E-state index in [4.69, 9.17) is 14.0 Å². The normalized spacial score (nSPS) is 11.8. The van der Waals surface area contributed by atoms with Gasteiger partial charge in [-0.25, -0.2) is 14.2 Å². The van der Waals surface area contributed by atoms with Crippen LogP contribution in [0.2, 0.25) is 0 Å². The first-order valence-electron chi connectivity index (χ1n) is 10.0. The fourth-order valence-electron chi connectivity index (χ4n) is 3.16. The van der Waals surface area contributed by atoms with Gasteiger partial charge in [0.05, 0.1) is 25.0 Å². The summed E-state index contributed by atoms with van der Waals surface area (Å²) in [7, 11) is 1.43. The second-order valence-electron chi connectivity index (χ2n) is 7.17. The van der Waals surface area contributed by atoms with Gasteiger partial charge in [-0.15, -0.1) is 0 Å². The molecule has 0 aliphatic rings. The average molecular weight is 440 g/mol. The fourth-order valence-corrected chi connectivity index (χ4v) is 3.16. The standard InChI is InChI=1S/C24H25FN2O5/c1-15(27-30-3)21(24(28)29)13-17-7-9-20(10-8-17)31-12-11-22-16(2)32-23(26-22)18-5-4-6-19(25)14-18/h4-10,14,27H,11-13H2,1-3H3,(H,28,29). The highest BCUT2D eigenvalue weighted by Gasteiger charge is 2.14. The van der Waals surface area contributed by atoms with Crippen LogP contribution in [0.25, 0.3) is 11.5 Å². The van der Waals surface area contributed by atoms with Gasteiger partial charge in [0.15, 0.2) is 0 Å². The third kappa shape index (κ3) is 5.95. The van der Waals surface area contributed by atoms with E-state index in [0.29, 0.717) is 41.7 Å². The summed E-state index contributed by atoms with van der Waals surface area (Å²) in [6.07, 6.45) is 0.777. The number of hydrogen-bond donors (Lipinski definition) is 2. The molecule has 0 fully saturated rings. The molecule has 1 aromatic heterocycles. The van der Waals surface area contributed by atoms with Gasteiger partial charge in [0.2, 0.25) is 5.89 Å². The predicted molar refractivity (Wildman–Crippen MR) is 116 cm³/mol. The van der Waals surface area contributed by atoms with Crippen LogP contribution in [0.1, 0.15) is 23.9 Å². The lowest BCUT2D eigenvalue weighted by Gasteiger charge is -2.10. The minimum absolute atomic E-state index is 0.219. The van der Waals surface area contributed by atoms with Crippen LogP contribution in [-0.4, -0.2) is 29.8 Å². The first-order chi connectivity index (χ1) is 15.4. The van der Waals surface area contributed by atoms with Crippen molar-refractivity contribution in [3.05, 3.63) is 82.6 Å². The molecule has 1 heterocycles. The van der Waals surface area contributed by atoms with Crippen molar-refractivity contribution >= 4 is 5.97 Å². The highest BCUT2D eigenvalue weighted by atomic mass is 19.1. The van der Waals surface area contributed by atoms with Gasteiger partial charge in [-0.1, -0.05) is 18.2 Å². The zero-order valence-electron chi connectivity index (χ0n) is 18.1. The van der Waals surface area contributed by atoms with Gasteiger partial charge in [-0.05, 0) is 49.7 Å². The molecule has 2 aromatic carbocycles. The molecule has 7 nitrogen and oxygen atoms in total. The molecule has 0 saturated heterocycles. The van der Waals surface area contributed by atoms with Crippen LogP contribution in [0.3, 0.4) is 0 Å². The quantitative estimate of drug-likeness (QED) is 0.355. The lowest BCUT2D eigenvalue weighted by Crippen LogP contribution is -2.16. The number of benzene rings is 2. The zero-order chi connectivity index (χ0) is 23.1. The summed E-state index contributed by atoms with van der Waals surface area (Å²) in [5.74, 6) is 0.349. The Kier molecular flexibility index (Phi) is 7.62. The third-order valence-electron chi connectivity index (χ3n) is 4.84. The van der Waals surface area contributed by atoms with Crippen molar-refractivity contribution in [1.82, 2.24) is 10.5 Å². The highest BCUT2D eigenvalue weighted by molar-refractivity contribution is 5.87. The highest BCUT2D eigenvalue weighted by Crippen LogP contribution is 2.23. The topological polar surface area (TPSA) is 93.8 Å². The van der Waals surface area contributed by atoms with Gasteiger partial charge >= 0.3 is 5.97 Å². The van der Waals surface area contributed by atoms with E-state index in [-0.39, 0.29) is 17.8 Å². The summed E-state index contributed by atoms with van der Waals surface area (Å²) in [6.45, 7) is 3.84. The number of nitrogens with one attached hydrogen (secondary N) is 1. The smallest absolute Gasteiger partial charge is 0.333 e. The van der Waals surface area contributed by atoms with E-state index in [1.165, 1.54) is 19.2 Å². The van der Waals surface area contributed by atoms with E-state index in [9.17, 15) is 14.3 Å². The van der Waals surface area contributed by atoms with E-state index >= 15 is 0 Å². The van der Waals surface area contributed by atoms with Gasteiger partial charge in [0, 0.05) is 24.1 Å². The van der Waals surface area contributed by atoms with E-state index in [1.807, 2.05) is 19.1 Å². The Bertz CT molecular complexity index is 1110. The molecule has 2 N–H and O–H groups in total. The number of aromatic nitrogens is 1. The summed E-state index contributed by atoms with van der Waals surface area (Å²) >= 11 is 0. The number of rotatable bonds is 10. The monoisotopic (exact) mass is 440 g/mol. The fraction of sp³-hybridized carbons (Fsp3) is 0.250. The first-order valence-corrected chi connectivity index (χ1v) is 10.0. The molecule has 0 unspecified atom stereocenters. The summed E-state index contributed by atoms with van der Waals surface area (Å²) in [4.78, 5) is 20.7. The molecular weight excluding hydrogens is 415 g/mol. The number of carbonyl (C=O) groups is 1. The van der Waals surface area contributed by atoms with Crippen LogP contribution in [0.4, 0.5) is 4.39 Å². The number of oxazole rings is 1. The molecule has 0 spiro atoms. The van der Waals surface area contributed by atoms with Crippen LogP contribution in [0, 0.1) is 12.7 Å². The van der Waals surface area contributed by atoms with Gasteiger partial charge in [0.1, 0.15) is 17.3 Å². The number of hydrogen-bond acceptors (Lipinski definition) is 6. The molecule has 0 bridgehead atoms. The number of carboxylic acid groups (broad SMARTS) is 1. The number of hydroxylamine groups is 1. The lowest BCUT2D eigenvalue weighted by atomic mass is 10.0. The van der Waals surface area contributed by atoms with Gasteiger partial charge in [-0.2, -0.15) is 0 Å². The Morgan fingerprint density at radius 2 is 1.97 bits per heavy atom. The van der Waals surface area contributed by atoms with E-state index < -0.39 is 5.97 Å². The molecule has 168 valence electrons. The summed E-state index contributed by atoms with van der Waals surface area (Å²) < 4.78 is 24.9. The predicted octanol–water partition coefficient (Wildman–Crippen LogP) is 4.46. The molecule has 3 aromatic rings. The van der Waals surface area contributed by atoms with E-state index in [0.717, 1.165) is 11.3 Å². The molecule has 3 rings (SSSR count). The van der Waals surface area contributed by atoms with Crippen LogP contribution < -0.4 is 10.2 Å². The van der Waals surface area contributed by atoms with Crippen molar-refractivity contribution in [2.45, 2.75) is 26.7 Å². The second kappa shape index (κ2) is 10.6. The Hall–Kier alpha value is -3.65. The van der Waals surface area contributed by atoms with Crippen LogP contribution >= 0.6 is 0 Å². The Balaban J connectivity index is 1.58. The molecular formula is C24H25FN2O5. The van der Waals surface area contributed by atoms with Crippen molar-refractivity contribution in [2.75, 3.05) is 13.7 Å². The second-order valence-corrected chi connectivity index (χ2v) is 7.17. The minimum atomic E-state index is -1.01. The SMILES string of the molecule is CONC(C)=C(Cc1ccc(OCCc2nc(-c3cccc(F)c3)oc2C)cc1)C(=O)O. The van der Waals surface area contributed by atoms with Crippen LogP contribution in [-0.2, 0) is 22.5 Å². The molecule has 0 aliphatic heterocycles. The number of aryl methyl sites for hydroxylation is 1. The third-order valence-corrected chi connectivity index (χ3v) is 4.84. The Morgan fingerprint density at radius 3 is 2.62 bits per heavy atom. The Morgan fingerprint density at radius 1 is 1.22 bits per heavy atom. The van der Waals surface area contributed by atoms with Crippen LogP contribution in [0.5, 0.6) is 5.75 Å². The maximum absolute atomic E-state index is 13.4. The number of allylic oxidation sites excluding steroid dienone is 1. The molecule has 0 aliphatic carbocycles. The average Bonchev–Trinajstić information content (AvgIpc) is 3.13. The largest absolute Gasteiger partial charge is 0.493 e. The van der Waals surface area contributed by atoms with E-state index in [2.05, 4.69) is 10.5 Å². The number of carboxylic acids is 1. The zero-order valence-corrected chi connectivity index (χ0v) is 18.1. The first kappa shape index (κ1) is 23.0. The van der Waals surface area contributed by atoms with Crippen molar-refractivity contribution in [3.63, 3.8) is 0 Å². The van der Waals surface area contributed by atoms with Gasteiger partial charge < -0.3 is 14.3 Å². The van der Waals surface area contributed by atoms with Crippen molar-refractivity contribution < 1.29 is 28.3 Å². The summed E-state index contributed by atoms with van der Waals surface area (Å²) in [6, 6.07) is 13.3. The molecule has 8 heteroatoms. The summed E-state index contributed by atoms with van der Waals surface area (Å²) in [5.41, 5.74) is 5.39. The molecule has 0 atom stereocenters.